The number of hydrogen-bond donors (Lipinski definition) is 1. The molecule has 0 spiro atoms. The maximum absolute atomic E-state index is 12.6. The molecular weight excluding hydrogens is 364 g/mol. The van der Waals surface area contributed by atoms with Crippen LogP contribution in [0.1, 0.15) is 12.5 Å². The van der Waals surface area contributed by atoms with Crippen molar-refractivity contribution in [1.82, 2.24) is 14.8 Å². The van der Waals surface area contributed by atoms with Gasteiger partial charge in [0.05, 0.1) is 22.9 Å². The van der Waals surface area contributed by atoms with Gasteiger partial charge in [0.1, 0.15) is 11.5 Å². The van der Waals surface area contributed by atoms with Crippen molar-refractivity contribution >= 4 is 21.6 Å². The summed E-state index contributed by atoms with van der Waals surface area (Å²) in [6.45, 7) is 3.40. The van der Waals surface area contributed by atoms with Crippen LogP contribution >= 0.6 is 0 Å². The number of pyridine rings is 1. The monoisotopic (exact) mass is 384 g/mol. The van der Waals surface area contributed by atoms with Crippen LogP contribution in [-0.4, -0.2) is 34.8 Å². The zero-order valence-corrected chi connectivity index (χ0v) is 15.9. The molecule has 0 atom stereocenters. The van der Waals surface area contributed by atoms with Gasteiger partial charge >= 0.3 is 0 Å². The molecule has 0 fully saturated rings. The maximum atomic E-state index is 12.6. The van der Waals surface area contributed by atoms with Crippen LogP contribution in [0.4, 0.5) is 5.82 Å². The number of carbonyl (C=O) groups is 1. The van der Waals surface area contributed by atoms with Crippen LogP contribution in [0.3, 0.4) is 0 Å². The first-order chi connectivity index (χ1) is 12.8. The summed E-state index contributed by atoms with van der Waals surface area (Å²) in [5.74, 6) is 0.0405. The lowest BCUT2D eigenvalue weighted by molar-refractivity contribution is -0.114. The number of benzene rings is 1. The number of rotatable bonds is 6. The molecule has 0 aliphatic heterocycles. The third-order valence-electron chi connectivity index (χ3n) is 3.96. The van der Waals surface area contributed by atoms with E-state index in [0.29, 0.717) is 17.2 Å². The molecule has 140 valence electrons. The second-order valence-electron chi connectivity index (χ2n) is 6.17. The fraction of sp³-hybridized carbons (Fsp3) is 0.211. The number of nitrogens with one attached hydrogen (secondary N) is 1. The van der Waals surface area contributed by atoms with Crippen molar-refractivity contribution < 1.29 is 13.2 Å². The summed E-state index contributed by atoms with van der Waals surface area (Å²) in [5.41, 5.74) is 2.20. The van der Waals surface area contributed by atoms with Gasteiger partial charge in [0, 0.05) is 19.2 Å². The Morgan fingerprint density at radius 2 is 1.85 bits per heavy atom. The van der Waals surface area contributed by atoms with Crippen LogP contribution in [0.5, 0.6) is 0 Å². The molecule has 0 unspecified atom stereocenters. The molecule has 0 saturated heterocycles. The molecule has 1 amide bonds. The van der Waals surface area contributed by atoms with Crippen LogP contribution in [0, 0.1) is 6.92 Å². The zero-order chi connectivity index (χ0) is 19.4. The predicted molar refractivity (Wildman–Crippen MR) is 103 cm³/mol. The minimum absolute atomic E-state index is 0.110. The summed E-state index contributed by atoms with van der Waals surface area (Å²) < 4.78 is 26.7. The van der Waals surface area contributed by atoms with E-state index in [9.17, 15) is 13.2 Å². The number of carbonyl (C=O) groups excluding carboxylic acids is 1. The Morgan fingerprint density at radius 3 is 2.48 bits per heavy atom. The van der Waals surface area contributed by atoms with E-state index in [0.717, 1.165) is 5.56 Å². The summed E-state index contributed by atoms with van der Waals surface area (Å²) >= 11 is 0. The smallest absolute Gasteiger partial charge is 0.222 e. The van der Waals surface area contributed by atoms with Crippen molar-refractivity contribution in [3.8, 4) is 11.4 Å². The second-order valence-corrected chi connectivity index (χ2v) is 8.28. The third kappa shape index (κ3) is 4.59. The minimum Gasteiger partial charge on any atom is -0.311 e. The van der Waals surface area contributed by atoms with Gasteiger partial charge in [-0.15, -0.1) is 0 Å². The largest absolute Gasteiger partial charge is 0.311 e. The van der Waals surface area contributed by atoms with Crippen molar-refractivity contribution in [3.05, 3.63) is 60.3 Å². The fourth-order valence-corrected chi connectivity index (χ4v) is 3.78. The van der Waals surface area contributed by atoms with Gasteiger partial charge < -0.3 is 5.32 Å². The van der Waals surface area contributed by atoms with Gasteiger partial charge in [-0.2, -0.15) is 5.10 Å². The predicted octanol–water partition coefficient (Wildman–Crippen LogP) is 2.69. The van der Waals surface area contributed by atoms with Crippen LogP contribution in [0.15, 0.2) is 59.6 Å². The average Bonchev–Trinajstić information content (AvgIpc) is 3.03. The average molecular weight is 384 g/mol. The quantitative estimate of drug-likeness (QED) is 0.705. The van der Waals surface area contributed by atoms with E-state index in [1.807, 2.05) is 13.0 Å². The molecule has 7 nitrogen and oxygen atoms in total. The van der Waals surface area contributed by atoms with Gasteiger partial charge in [-0.1, -0.05) is 23.8 Å². The van der Waals surface area contributed by atoms with Crippen molar-refractivity contribution in [3.63, 3.8) is 0 Å². The van der Waals surface area contributed by atoms with Crippen LogP contribution < -0.4 is 5.32 Å². The Hall–Kier alpha value is -3.00. The van der Waals surface area contributed by atoms with Crippen molar-refractivity contribution in [1.29, 1.82) is 0 Å². The molecule has 1 aromatic carbocycles. The van der Waals surface area contributed by atoms with E-state index in [2.05, 4.69) is 15.4 Å². The lowest BCUT2D eigenvalue weighted by atomic mass is 10.2. The van der Waals surface area contributed by atoms with E-state index in [-0.39, 0.29) is 23.1 Å². The van der Waals surface area contributed by atoms with Crippen molar-refractivity contribution in [2.24, 2.45) is 0 Å². The molecule has 8 heteroatoms. The van der Waals surface area contributed by atoms with Crippen LogP contribution in [0.2, 0.25) is 0 Å². The Kier molecular flexibility index (Phi) is 5.36. The number of nitrogens with zero attached hydrogens (tertiary/aromatic N) is 3. The Labute approximate surface area is 158 Å². The first kappa shape index (κ1) is 18.8. The molecule has 3 aromatic rings. The molecule has 0 saturated carbocycles. The van der Waals surface area contributed by atoms with Gasteiger partial charge in [-0.25, -0.2) is 13.1 Å². The molecular formula is C19H20N4O3S. The van der Waals surface area contributed by atoms with E-state index < -0.39 is 9.84 Å². The first-order valence-corrected chi connectivity index (χ1v) is 10.1. The third-order valence-corrected chi connectivity index (χ3v) is 5.67. The normalized spacial score (nSPS) is 11.3. The van der Waals surface area contributed by atoms with Gasteiger partial charge in [0.25, 0.3) is 0 Å². The summed E-state index contributed by atoms with van der Waals surface area (Å²) in [6, 6.07) is 13.8. The number of sulfone groups is 1. The molecule has 0 aliphatic rings. The molecule has 2 heterocycles. The van der Waals surface area contributed by atoms with Gasteiger partial charge in [0.2, 0.25) is 5.91 Å². The summed E-state index contributed by atoms with van der Waals surface area (Å²) in [6.07, 6.45) is 1.65. The summed E-state index contributed by atoms with van der Waals surface area (Å²) in [5, 5.41) is 7.11. The molecule has 27 heavy (non-hydrogen) atoms. The highest BCUT2D eigenvalue weighted by Gasteiger charge is 2.17. The lowest BCUT2D eigenvalue weighted by Gasteiger charge is -2.08. The zero-order valence-electron chi connectivity index (χ0n) is 15.1. The number of anilines is 1. The highest BCUT2D eigenvalue weighted by molar-refractivity contribution is 7.91. The van der Waals surface area contributed by atoms with Crippen molar-refractivity contribution in [2.75, 3.05) is 11.1 Å². The van der Waals surface area contributed by atoms with Gasteiger partial charge in [-0.3, -0.25) is 9.78 Å². The lowest BCUT2D eigenvalue weighted by Crippen LogP contribution is -2.17. The minimum atomic E-state index is -3.47. The highest BCUT2D eigenvalue weighted by atomic mass is 32.2. The molecule has 3 rings (SSSR count). The molecule has 0 radical (unpaired) electrons. The van der Waals surface area contributed by atoms with E-state index in [4.69, 9.17) is 0 Å². The maximum Gasteiger partial charge on any atom is 0.222 e. The van der Waals surface area contributed by atoms with Gasteiger partial charge in [0.15, 0.2) is 9.84 Å². The fourth-order valence-electron chi connectivity index (χ4n) is 2.58. The second kappa shape index (κ2) is 7.71. The Balaban J connectivity index is 1.85. The molecule has 0 aliphatic carbocycles. The van der Waals surface area contributed by atoms with E-state index in [1.54, 1.807) is 48.7 Å². The van der Waals surface area contributed by atoms with Crippen molar-refractivity contribution in [2.45, 2.75) is 25.3 Å². The number of amides is 1. The van der Waals surface area contributed by atoms with Gasteiger partial charge in [-0.05, 0) is 31.2 Å². The Morgan fingerprint density at radius 1 is 1.11 bits per heavy atom. The number of aryl methyl sites for hydroxylation is 2. The molecule has 0 bridgehead atoms. The van der Waals surface area contributed by atoms with E-state index in [1.165, 1.54) is 11.6 Å². The SMILES string of the molecule is CC(=O)Nc1cc(-c2ccccn2)nn1CCS(=O)(=O)c1ccc(C)cc1. The number of hydrogen-bond acceptors (Lipinski definition) is 5. The topological polar surface area (TPSA) is 93.9 Å². The summed E-state index contributed by atoms with van der Waals surface area (Å²) in [7, 11) is -3.47. The highest BCUT2D eigenvalue weighted by Crippen LogP contribution is 2.21. The molecule has 1 N–H and O–H groups in total. The standard InChI is InChI=1S/C19H20N4O3S/c1-14-6-8-16(9-7-14)27(25,26)12-11-23-19(21-15(2)24)13-18(22-23)17-5-3-4-10-20-17/h3-10,13H,11-12H2,1-2H3,(H,21,24). The van der Waals surface area contributed by atoms with Crippen LogP contribution in [0.25, 0.3) is 11.4 Å². The molecule has 2 aromatic heterocycles. The summed E-state index contributed by atoms with van der Waals surface area (Å²) in [4.78, 5) is 16.0. The van der Waals surface area contributed by atoms with Crippen LogP contribution in [-0.2, 0) is 21.2 Å². The van der Waals surface area contributed by atoms with E-state index >= 15 is 0 Å². The number of aromatic nitrogens is 3. The Bertz CT molecular complexity index is 1040. The first-order valence-electron chi connectivity index (χ1n) is 8.41.